The van der Waals surface area contributed by atoms with Crippen LogP contribution in [0.15, 0.2) is 21.9 Å². The second-order valence-corrected chi connectivity index (χ2v) is 4.52. The molecule has 0 saturated carbocycles. The average molecular weight is 273 g/mol. The van der Waals surface area contributed by atoms with Gasteiger partial charge in [-0.1, -0.05) is 0 Å². The minimum Gasteiger partial charge on any atom is -0.491 e. The highest BCUT2D eigenvalue weighted by Gasteiger charge is 2.09. The number of thioether (sulfide) groups is 1. The topological polar surface area (TPSA) is 47.6 Å². The Kier molecular flexibility index (Phi) is 5.93. The van der Waals surface area contributed by atoms with E-state index in [-0.39, 0.29) is 5.97 Å². The van der Waals surface area contributed by atoms with Crippen LogP contribution >= 0.6 is 23.1 Å². The molecule has 6 heteroatoms. The van der Waals surface area contributed by atoms with Crippen molar-refractivity contribution in [2.75, 3.05) is 25.3 Å². The number of esters is 1. The van der Waals surface area contributed by atoms with Crippen LogP contribution in [0, 0.1) is 0 Å². The summed E-state index contributed by atoms with van der Waals surface area (Å²) in [6.45, 7) is 2.54. The summed E-state index contributed by atoms with van der Waals surface area (Å²) in [5.41, 5.74) is 0.854. The number of ether oxygens (including phenoxy) is 2. The Labute approximate surface area is 109 Å². The molecule has 1 aromatic rings. The van der Waals surface area contributed by atoms with Crippen molar-refractivity contribution in [2.24, 2.45) is 0 Å². The van der Waals surface area contributed by atoms with Gasteiger partial charge in [-0.25, -0.2) is 4.79 Å². The average Bonchev–Trinajstić information content (AvgIpc) is 2.77. The molecule has 0 unspecified atom stereocenters. The van der Waals surface area contributed by atoms with Gasteiger partial charge >= 0.3 is 5.97 Å². The summed E-state index contributed by atoms with van der Waals surface area (Å²) in [5, 5.41) is 6.89. The van der Waals surface area contributed by atoms with Gasteiger partial charge in [0.2, 0.25) is 0 Å². The lowest BCUT2D eigenvalue weighted by molar-refractivity contribution is -0.135. The SMILES string of the molecule is CCOc1cscc1N/C=C(\SC)C(=O)OC. The first kappa shape index (κ1) is 13.9. The third kappa shape index (κ3) is 3.98. The normalized spacial score (nSPS) is 11.1. The van der Waals surface area contributed by atoms with Crippen molar-refractivity contribution in [3.8, 4) is 5.75 Å². The van der Waals surface area contributed by atoms with E-state index >= 15 is 0 Å². The van der Waals surface area contributed by atoms with E-state index in [9.17, 15) is 4.79 Å². The first-order valence-corrected chi connectivity index (χ1v) is 7.17. The Morgan fingerprint density at radius 2 is 2.35 bits per heavy atom. The maximum atomic E-state index is 11.3. The molecule has 0 aliphatic carbocycles. The van der Waals surface area contributed by atoms with Crippen LogP contribution in [0.25, 0.3) is 0 Å². The van der Waals surface area contributed by atoms with Gasteiger partial charge in [-0.05, 0) is 13.2 Å². The molecular formula is C11H15NO3S2. The third-order valence-corrected chi connectivity index (χ3v) is 3.34. The standard InChI is InChI=1S/C11H15NO3S2/c1-4-15-9-7-17-6-8(9)12-5-10(16-3)11(13)14-2/h5-7,12H,4H2,1-3H3/b10-5-. The second kappa shape index (κ2) is 7.24. The summed E-state index contributed by atoms with van der Waals surface area (Å²) >= 11 is 2.87. The summed E-state index contributed by atoms with van der Waals surface area (Å²) in [5.74, 6) is 0.442. The molecule has 0 fully saturated rings. The van der Waals surface area contributed by atoms with E-state index in [1.54, 1.807) is 6.20 Å². The van der Waals surface area contributed by atoms with E-state index in [1.807, 2.05) is 23.9 Å². The van der Waals surface area contributed by atoms with Crippen LogP contribution in [-0.4, -0.2) is 25.9 Å². The van der Waals surface area contributed by atoms with Crippen molar-refractivity contribution in [3.05, 3.63) is 21.9 Å². The monoisotopic (exact) mass is 273 g/mol. The number of carbonyl (C=O) groups is 1. The van der Waals surface area contributed by atoms with E-state index in [4.69, 9.17) is 4.74 Å². The zero-order chi connectivity index (χ0) is 12.7. The Hall–Kier alpha value is -1.14. The zero-order valence-corrected chi connectivity index (χ0v) is 11.6. The Balaban J connectivity index is 2.73. The quantitative estimate of drug-likeness (QED) is 0.638. The smallest absolute Gasteiger partial charge is 0.345 e. The van der Waals surface area contributed by atoms with Crippen LogP contribution in [0.2, 0.25) is 0 Å². The van der Waals surface area contributed by atoms with Crippen molar-refractivity contribution < 1.29 is 14.3 Å². The van der Waals surface area contributed by atoms with Crippen LogP contribution in [0.5, 0.6) is 5.75 Å². The molecule has 0 radical (unpaired) electrons. The first-order chi connectivity index (χ1) is 8.22. The maximum absolute atomic E-state index is 11.3. The largest absolute Gasteiger partial charge is 0.491 e. The summed E-state index contributed by atoms with van der Waals surface area (Å²) in [6, 6.07) is 0. The summed E-state index contributed by atoms with van der Waals surface area (Å²) in [6.07, 6.45) is 3.45. The van der Waals surface area contributed by atoms with E-state index < -0.39 is 0 Å². The minimum atomic E-state index is -0.349. The summed E-state index contributed by atoms with van der Waals surface area (Å²) in [7, 11) is 1.36. The molecule has 1 rings (SSSR count). The number of methoxy groups -OCH3 is 1. The van der Waals surface area contributed by atoms with E-state index in [0.717, 1.165) is 11.4 Å². The Morgan fingerprint density at radius 1 is 1.59 bits per heavy atom. The van der Waals surface area contributed by atoms with Gasteiger partial charge in [0.25, 0.3) is 0 Å². The lowest BCUT2D eigenvalue weighted by Crippen LogP contribution is -2.04. The number of thiophene rings is 1. The van der Waals surface area contributed by atoms with Gasteiger partial charge in [0.05, 0.1) is 19.4 Å². The van der Waals surface area contributed by atoms with Gasteiger partial charge in [-0.3, -0.25) is 0 Å². The van der Waals surface area contributed by atoms with Gasteiger partial charge < -0.3 is 14.8 Å². The van der Waals surface area contributed by atoms with Crippen molar-refractivity contribution >= 4 is 34.8 Å². The van der Waals surface area contributed by atoms with Crippen molar-refractivity contribution in [3.63, 3.8) is 0 Å². The van der Waals surface area contributed by atoms with Crippen LogP contribution < -0.4 is 10.1 Å². The predicted octanol–water partition coefficient (Wildman–Crippen LogP) is 2.94. The van der Waals surface area contributed by atoms with Crippen molar-refractivity contribution in [1.29, 1.82) is 0 Å². The molecule has 1 heterocycles. The summed E-state index contributed by atoms with van der Waals surface area (Å²) in [4.78, 5) is 11.8. The van der Waals surface area contributed by atoms with Crippen LogP contribution in [0.4, 0.5) is 5.69 Å². The van der Waals surface area contributed by atoms with E-state index in [0.29, 0.717) is 11.5 Å². The van der Waals surface area contributed by atoms with E-state index in [1.165, 1.54) is 30.2 Å². The van der Waals surface area contributed by atoms with Crippen LogP contribution in [0.3, 0.4) is 0 Å². The van der Waals surface area contributed by atoms with Crippen molar-refractivity contribution in [1.82, 2.24) is 0 Å². The number of hydrogen-bond acceptors (Lipinski definition) is 6. The third-order valence-electron chi connectivity index (χ3n) is 1.89. The lowest BCUT2D eigenvalue weighted by atomic mass is 10.4. The molecular weight excluding hydrogens is 258 g/mol. The fraction of sp³-hybridized carbons (Fsp3) is 0.364. The van der Waals surface area contributed by atoms with Gasteiger partial charge in [-0.2, -0.15) is 0 Å². The summed E-state index contributed by atoms with van der Waals surface area (Å²) < 4.78 is 10.1. The first-order valence-electron chi connectivity index (χ1n) is 5.00. The van der Waals surface area contributed by atoms with Gasteiger partial charge in [-0.15, -0.1) is 23.1 Å². The maximum Gasteiger partial charge on any atom is 0.345 e. The molecule has 0 aliphatic rings. The number of hydrogen-bond donors (Lipinski definition) is 1. The van der Waals surface area contributed by atoms with Crippen LogP contribution in [0.1, 0.15) is 6.92 Å². The van der Waals surface area contributed by atoms with Gasteiger partial charge in [0, 0.05) is 17.0 Å². The van der Waals surface area contributed by atoms with Gasteiger partial charge in [0.1, 0.15) is 4.91 Å². The molecule has 0 amide bonds. The number of anilines is 1. The Bertz CT molecular complexity index is 401. The predicted molar refractivity (Wildman–Crippen MR) is 72.7 cm³/mol. The highest BCUT2D eigenvalue weighted by atomic mass is 32.2. The molecule has 1 N–H and O–H groups in total. The highest BCUT2D eigenvalue weighted by molar-refractivity contribution is 8.03. The molecule has 0 bridgehead atoms. The molecule has 0 atom stereocenters. The van der Waals surface area contributed by atoms with Crippen molar-refractivity contribution in [2.45, 2.75) is 6.92 Å². The van der Waals surface area contributed by atoms with E-state index in [2.05, 4.69) is 10.1 Å². The Morgan fingerprint density at radius 3 is 2.94 bits per heavy atom. The minimum absolute atomic E-state index is 0.349. The molecule has 94 valence electrons. The van der Waals surface area contributed by atoms with Crippen LogP contribution in [-0.2, 0) is 9.53 Å². The molecule has 0 aromatic carbocycles. The number of carbonyl (C=O) groups excluding carboxylic acids is 1. The molecule has 0 saturated heterocycles. The number of rotatable bonds is 6. The number of nitrogens with one attached hydrogen (secondary N) is 1. The lowest BCUT2D eigenvalue weighted by Gasteiger charge is -2.06. The molecule has 0 spiro atoms. The van der Waals surface area contributed by atoms with Gasteiger partial charge in [0.15, 0.2) is 5.75 Å². The zero-order valence-electron chi connectivity index (χ0n) is 9.98. The second-order valence-electron chi connectivity index (χ2n) is 2.93. The fourth-order valence-electron chi connectivity index (χ4n) is 1.10. The molecule has 0 aliphatic heterocycles. The fourth-order valence-corrected chi connectivity index (χ4v) is 2.24. The molecule has 1 aromatic heterocycles. The highest BCUT2D eigenvalue weighted by Crippen LogP contribution is 2.29. The molecule has 17 heavy (non-hydrogen) atoms. The molecule has 4 nitrogen and oxygen atoms in total.